The highest BCUT2D eigenvalue weighted by molar-refractivity contribution is 5.71. The molecule has 0 saturated heterocycles. The summed E-state index contributed by atoms with van der Waals surface area (Å²) in [5.74, 6) is -0.867. The van der Waals surface area contributed by atoms with Gasteiger partial charge in [-0.25, -0.2) is 0 Å². The monoisotopic (exact) mass is 1080 g/mol. The van der Waals surface area contributed by atoms with Gasteiger partial charge in [-0.3, -0.25) is 14.4 Å². The van der Waals surface area contributed by atoms with Gasteiger partial charge in [-0.15, -0.1) is 0 Å². The lowest BCUT2D eigenvalue weighted by Gasteiger charge is -2.18. The van der Waals surface area contributed by atoms with Crippen molar-refractivity contribution in [1.29, 1.82) is 0 Å². The Morgan fingerprint density at radius 3 is 0.753 bits per heavy atom. The smallest absolute Gasteiger partial charge is 0.306 e. The largest absolute Gasteiger partial charge is 0.462 e. The van der Waals surface area contributed by atoms with E-state index >= 15 is 0 Å². The number of ether oxygens (including phenoxy) is 3. The maximum atomic E-state index is 12.9. The lowest BCUT2D eigenvalue weighted by molar-refractivity contribution is -0.167. The average Bonchev–Trinajstić information content (AvgIpc) is 3.43. The highest BCUT2D eigenvalue weighted by Gasteiger charge is 2.19. The molecule has 1 atom stereocenters. The molecule has 0 aliphatic rings. The van der Waals surface area contributed by atoms with Gasteiger partial charge in [0.1, 0.15) is 13.2 Å². The van der Waals surface area contributed by atoms with Crippen molar-refractivity contribution >= 4 is 17.9 Å². The Balaban J connectivity index is 4.28. The summed E-state index contributed by atoms with van der Waals surface area (Å²) < 4.78 is 17.0. The van der Waals surface area contributed by atoms with Crippen molar-refractivity contribution in [2.45, 2.75) is 374 Å². The van der Waals surface area contributed by atoms with Crippen molar-refractivity contribution in [2.24, 2.45) is 0 Å². The van der Waals surface area contributed by atoms with Gasteiger partial charge in [-0.05, 0) is 83.5 Å². The number of carbonyl (C=O) groups excluding carboxylic acids is 3. The van der Waals surface area contributed by atoms with Gasteiger partial charge in [0.05, 0.1) is 0 Å². The molecule has 0 aliphatic carbocycles. The van der Waals surface area contributed by atoms with Crippen molar-refractivity contribution in [3.63, 3.8) is 0 Å². The van der Waals surface area contributed by atoms with Crippen molar-refractivity contribution in [1.82, 2.24) is 0 Å². The van der Waals surface area contributed by atoms with Crippen LogP contribution in [0.1, 0.15) is 367 Å². The molecule has 77 heavy (non-hydrogen) atoms. The number of hydrogen-bond donors (Lipinski definition) is 0. The standard InChI is InChI=1S/C71H130O6/c1-4-7-10-13-16-19-22-25-27-29-31-33-35-37-39-41-43-46-49-52-55-58-61-64-70(73)76-67-68(66-75-69(72)63-60-57-54-51-48-45-24-21-18-15-12-9-6-3)77-71(74)65-62-59-56-53-50-47-44-42-40-38-36-34-32-30-28-26-23-20-17-14-11-8-5-2/h21-22,24-25,29,31,35,37,68H,4-20,23,26-28,30,32-34,36,38-67H2,1-3H3/b24-21-,25-22-,31-29-,37-35-. The summed E-state index contributed by atoms with van der Waals surface area (Å²) >= 11 is 0. The van der Waals surface area contributed by atoms with E-state index in [9.17, 15) is 14.4 Å². The van der Waals surface area contributed by atoms with Gasteiger partial charge in [0.15, 0.2) is 6.10 Å². The van der Waals surface area contributed by atoms with E-state index in [0.29, 0.717) is 19.3 Å². The van der Waals surface area contributed by atoms with Crippen LogP contribution in [0.15, 0.2) is 48.6 Å². The molecule has 0 aromatic heterocycles. The fourth-order valence-electron chi connectivity index (χ4n) is 10.2. The minimum absolute atomic E-state index is 0.0761. The van der Waals surface area contributed by atoms with Crippen LogP contribution in [-0.2, 0) is 28.6 Å². The number of esters is 3. The van der Waals surface area contributed by atoms with Crippen LogP contribution in [0, 0.1) is 0 Å². The zero-order valence-electron chi connectivity index (χ0n) is 51.7. The second-order valence-corrected chi connectivity index (χ2v) is 23.1. The Morgan fingerprint density at radius 1 is 0.260 bits per heavy atom. The van der Waals surface area contributed by atoms with Gasteiger partial charge in [-0.2, -0.15) is 0 Å². The van der Waals surface area contributed by atoms with Gasteiger partial charge < -0.3 is 14.2 Å². The Kier molecular flexibility index (Phi) is 63.6. The van der Waals surface area contributed by atoms with E-state index in [2.05, 4.69) is 69.4 Å². The summed E-state index contributed by atoms with van der Waals surface area (Å²) in [6, 6.07) is 0. The quantitative estimate of drug-likeness (QED) is 0.0261. The van der Waals surface area contributed by atoms with E-state index in [1.54, 1.807) is 0 Å². The van der Waals surface area contributed by atoms with Crippen molar-refractivity contribution in [3.8, 4) is 0 Å². The third kappa shape index (κ3) is 64.1. The predicted molar refractivity (Wildman–Crippen MR) is 335 cm³/mol. The zero-order valence-corrected chi connectivity index (χ0v) is 51.7. The van der Waals surface area contributed by atoms with Crippen LogP contribution in [-0.4, -0.2) is 37.2 Å². The van der Waals surface area contributed by atoms with Crippen molar-refractivity contribution in [2.75, 3.05) is 13.2 Å². The molecular formula is C71H130O6. The second kappa shape index (κ2) is 65.9. The molecule has 0 N–H and O–H groups in total. The Labute approximate surface area is 479 Å². The van der Waals surface area contributed by atoms with Crippen LogP contribution in [0.5, 0.6) is 0 Å². The minimum Gasteiger partial charge on any atom is -0.462 e. The molecule has 0 aromatic rings. The third-order valence-electron chi connectivity index (χ3n) is 15.3. The highest BCUT2D eigenvalue weighted by Crippen LogP contribution is 2.18. The van der Waals surface area contributed by atoms with E-state index in [0.717, 1.165) is 83.5 Å². The Morgan fingerprint density at radius 2 is 0.468 bits per heavy atom. The van der Waals surface area contributed by atoms with Gasteiger partial charge in [0.25, 0.3) is 0 Å². The maximum Gasteiger partial charge on any atom is 0.306 e. The number of hydrogen-bond acceptors (Lipinski definition) is 6. The molecule has 0 aliphatic heterocycles. The van der Waals surface area contributed by atoms with Crippen LogP contribution in [0.25, 0.3) is 0 Å². The summed E-state index contributed by atoms with van der Waals surface area (Å²) in [6.07, 6.45) is 82.7. The molecule has 0 bridgehead atoms. The molecule has 450 valence electrons. The first-order valence-corrected chi connectivity index (χ1v) is 34.1. The summed E-state index contributed by atoms with van der Waals surface area (Å²) in [7, 11) is 0. The van der Waals surface area contributed by atoms with E-state index < -0.39 is 6.10 Å². The maximum absolute atomic E-state index is 12.9. The molecule has 1 unspecified atom stereocenters. The first-order valence-electron chi connectivity index (χ1n) is 34.1. The zero-order chi connectivity index (χ0) is 55.7. The predicted octanol–water partition coefficient (Wildman–Crippen LogP) is 23.3. The molecule has 0 amide bonds. The molecule has 6 nitrogen and oxygen atoms in total. The molecule has 0 heterocycles. The van der Waals surface area contributed by atoms with Crippen LogP contribution in [0.3, 0.4) is 0 Å². The van der Waals surface area contributed by atoms with Gasteiger partial charge >= 0.3 is 17.9 Å². The Bertz CT molecular complexity index is 1330. The molecular weight excluding hydrogens is 949 g/mol. The highest BCUT2D eigenvalue weighted by atomic mass is 16.6. The van der Waals surface area contributed by atoms with Gasteiger partial charge in [-0.1, -0.05) is 313 Å². The SMILES string of the molecule is CCCCCC/C=C\CCCCCCCC(=O)OCC(COC(=O)CCCCCCCCCC/C=C\C/C=C\C/C=C\CCCCCCC)OC(=O)CCCCCCCCCCCCCCCCCCCCCCCCC. The summed E-state index contributed by atoms with van der Waals surface area (Å²) in [4.78, 5) is 38.4. The van der Waals surface area contributed by atoms with Crippen molar-refractivity contribution < 1.29 is 28.6 Å². The van der Waals surface area contributed by atoms with Crippen LogP contribution < -0.4 is 0 Å². The molecule has 0 rings (SSSR count). The number of allylic oxidation sites excluding steroid dienone is 8. The average molecular weight is 1080 g/mol. The first kappa shape index (κ1) is 74.4. The van der Waals surface area contributed by atoms with E-state index in [4.69, 9.17) is 14.2 Å². The number of rotatable bonds is 63. The second-order valence-electron chi connectivity index (χ2n) is 23.1. The van der Waals surface area contributed by atoms with E-state index in [1.807, 2.05) is 0 Å². The lowest BCUT2D eigenvalue weighted by atomic mass is 10.0. The number of unbranched alkanes of at least 4 members (excludes halogenated alkanes) is 44. The molecule has 6 heteroatoms. The molecule has 0 aromatic carbocycles. The summed E-state index contributed by atoms with van der Waals surface area (Å²) in [5.41, 5.74) is 0. The van der Waals surface area contributed by atoms with Gasteiger partial charge in [0.2, 0.25) is 0 Å². The van der Waals surface area contributed by atoms with Crippen LogP contribution in [0.4, 0.5) is 0 Å². The topological polar surface area (TPSA) is 78.9 Å². The fraction of sp³-hybridized carbons (Fsp3) is 0.845. The molecule has 0 fully saturated rings. The lowest BCUT2D eigenvalue weighted by Crippen LogP contribution is -2.30. The van der Waals surface area contributed by atoms with Crippen molar-refractivity contribution in [3.05, 3.63) is 48.6 Å². The van der Waals surface area contributed by atoms with Gasteiger partial charge in [0, 0.05) is 19.3 Å². The third-order valence-corrected chi connectivity index (χ3v) is 15.3. The normalized spacial score (nSPS) is 12.3. The van der Waals surface area contributed by atoms with Crippen LogP contribution >= 0.6 is 0 Å². The van der Waals surface area contributed by atoms with E-state index in [-0.39, 0.29) is 31.1 Å². The Hall–Kier alpha value is -2.63. The van der Waals surface area contributed by atoms with Crippen LogP contribution in [0.2, 0.25) is 0 Å². The molecule has 0 radical (unpaired) electrons. The molecule has 0 saturated carbocycles. The summed E-state index contributed by atoms with van der Waals surface area (Å²) in [5, 5.41) is 0. The summed E-state index contributed by atoms with van der Waals surface area (Å²) in [6.45, 7) is 6.66. The van der Waals surface area contributed by atoms with E-state index in [1.165, 1.54) is 244 Å². The number of carbonyl (C=O) groups is 3. The molecule has 0 spiro atoms. The minimum atomic E-state index is -0.779. The fourth-order valence-corrected chi connectivity index (χ4v) is 10.2. The first-order chi connectivity index (χ1) is 38.0.